The van der Waals surface area contributed by atoms with Gasteiger partial charge in [-0.15, -0.1) is 0 Å². The molecule has 1 aliphatic rings. The maximum atomic E-state index is 12.0. The van der Waals surface area contributed by atoms with E-state index in [1.165, 1.54) is 12.3 Å². The molecule has 0 aliphatic heterocycles. The van der Waals surface area contributed by atoms with Crippen LogP contribution in [0.1, 0.15) is 52.4 Å². The molecule has 1 heterocycles. The monoisotopic (exact) mass is 421 g/mol. The fourth-order valence-electron chi connectivity index (χ4n) is 4.18. The standard InChI is InChI=1S/C23H23N3O5/c1-31-19-10-8-15(9-11-19)14-25-22(20(13-24-25)23(27)28)21(16-4-2-5-16)17-6-3-7-18(12-17)26(29)30/h3,6-13,16,21H,2,4-5,14H2,1H3,(H,27,28). The lowest BCUT2D eigenvalue weighted by atomic mass is 9.71. The Morgan fingerprint density at radius 1 is 1.29 bits per heavy atom. The highest BCUT2D eigenvalue weighted by Gasteiger charge is 2.36. The van der Waals surface area contributed by atoms with Crippen LogP contribution in [0.5, 0.6) is 5.75 Å². The molecule has 4 rings (SSSR count). The predicted molar refractivity (Wildman–Crippen MR) is 114 cm³/mol. The van der Waals surface area contributed by atoms with Crippen LogP contribution in [-0.2, 0) is 6.54 Å². The lowest BCUT2D eigenvalue weighted by molar-refractivity contribution is -0.384. The normalized spacial score (nSPS) is 14.6. The molecule has 2 aromatic carbocycles. The molecule has 160 valence electrons. The number of nitro groups is 1. The predicted octanol–water partition coefficient (Wildman–Crippen LogP) is 4.48. The molecule has 1 N–H and O–H groups in total. The molecule has 1 aromatic heterocycles. The van der Waals surface area contributed by atoms with E-state index < -0.39 is 10.9 Å². The number of ether oxygens (including phenoxy) is 1. The van der Waals surface area contributed by atoms with Gasteiger partial charge in [-0.2, -0.15) is 5.10 Å². The van der Waals surface area contributed by atoms with Crippen molar-refractivity contribution in [2.24, 2.45) is 5.92 Å². The third-order valence-corrected chi connectivity index (χ3v) is 5.96. The summed E-state index contributed by atoms with van der Waals surface area (Å²) in [6, 6.07) is 14.0. The first-order valence-electron chi connectivity index (χ1n) is 10.1. The van der Waals surface area contributed by atoms with Gasteiger partial charge in [0.25, 0.3) is 5.69 Å². The summed E-state index contributed by atoms with van der Waals surface area (Å²) in [7, 11) is 1.60. The number of carbonyl (C=O) groups is 1. The molecule has 0 radical (unpaired) electrons. The molecule has 0 bridgehead atoms. The summed E-state index contributed by atoms with van der Waals surface area (Å²) >= 11 is 0. The van der Waals surface area contributed by atoms with Crippen molar-refractivity contribution in [2.45, 2.75) is 31.7 Å². The summed E-state index contributed by atoms with van der Waals surface area (Å²) in [5.41, 5.74) is 2.43. The fourth-order valence-corrected chi connectivity index (χ4v) is 4.18. The highest BCUT2D eigenvalue weighted by Crippen LogP contribution is 2.45. The highest BCUT2D eigenvalue weighted by molar-refractivity contribution is 5.89. The zero-order valence-corrected chi connectivity index (χ0v) is 17.1. The number of carboxylic acid groups (broad SMARTS) is 1. The molecule has 0 amide bonds. The van der Waals surface area contributed by atoms with E-state index in [1.807, 2.05) is 30.3 Å². The van der Waals surface area contributed by atoms with Crippen LogP contribution in [0.15, 0.2) is 54.7 Å². The van der Waals surface area contributed by atoms with E-state index in [2.05, 4.69) is 5.10 Å². The van der Waals surface area contributed by atoms with E-state index in [0.29, 0.717) is 12.2 Å². The van der Waals surface area contributed by atoms with Crippen molar-refractivity contribution in [3.63, 3.8) is 0 Å². The Morgan fingerprint density at radius 3 is 2.61 bits per heavy atom. The molecule has 1 unspecified atom stereocenters. The Labute approximate surface area is 179 Å². The van der Waals surface area contributed by atoms with Crippen molar-refractivity contribution in [1.29, 1.82) is 0 Å². The second-order valence-corrected chi connectivity index (χ2v) is 7.78. The minimum atomic E-state index is -1.05. The summed E-state index contributed by atoms with van der Waals surface area (Å²) in [6.07, 6.45) is 4.33. The second kappa shape index (κ2) is 8.59. The maximum Gasteiger partial charge on any atom is 0.339 e. The summed E-state index contributed by atoms with van der Waals surface area (Å²) in [5.74, 6) is -0.378. The Balaban J connectivity index is 1.80. The lowest BCUT2D eigenvalue weighted by Gasteiger charge is -2.35. The molecular weight excluding hydrogens is 398 g/mol. The van der Waals surface area contributed by atoms with E-state index in [1.54, 1.807) is 23.9 Å². The number of benzene rings is 2. The molecule has 0 spiro atoms. The van der Waals surface area contributed by atoms with Crippen LogP contribution in [0.25, 0.3) is 0 Å². The van der Waals surface area contributed by atoms with Gasteiger partial charge in [0, 0.05) is 18.1 Å². The fraction of sp³-hybridized carbons (Fsp3) is 0.304. The number of nitro benzene ring substituents is 1. The molecule has 0 saturated heterocycles. The number of carboxylic acids is 1. The Hall–Kier alpha value is -3.68. The third-order valence-electron chi connectivity index (χ3n) is 5.96. The number of rotatable bonds is 8. The molecule has 3 aromatic rings. The minimum absolute atomic E-state index is 0.0000758. The first kappa shape index (κ1) is 20.6. The van der Waals surface area contributed by atoms with E-state index in [-0.39, 0.29) is 23.1 Å². The van der Waals surface area contributed by atoms with E-state index in [0.717, 1.165) is 36.1 Å². The van der Waals surface area contributed by atoms with Crippen LogP contribution in [0.4, 0.5) is 5.69 Å². The van der Waals surface area contributed by atoms with Gasteiger partial charge in [-0.05, 0) is 42.0 Å². The van der Waals surface area contributed by atoms with Gasteiger partial charge in [0.15, 0.2) is 0 Å². The Bertz CT molecular complexity index is 1100. The highest BCUT2D eigenvalue weighted by atomic mass is 16.6. The molecule has 1 saturated carbocycles. The van der Waals surface area contributed by atoms with Crippen LogP contribution in [0.3, 0.4) is 0 Å². The zero-order chi connectivity index (χ0) is 22.0. The average molecular weight is 421 g/mol. The SMILES string of the molecule is COc1ccc(Cn2ncc(C(=O)O)c2C(c2cccc([N+](=O)[O-])c2)C2CCC2)cc1. The van der Waals surface area contributed by atoms with Crippen LogP contribution in [0.2, 0.25) is 0 Å². The van der Waals surface area contributed by atoms with Crippen molar-refractivity contribution in [2.75, 3.05) is 7.11 Å². The molecule has 8 nitrogen and oxygen atoms in total. The maximum absolute atomic E-state index is 12.0. The summed E-state index contributed by atoms with van der Waals surface area (Å²) < 4.78 is 6.92. The second-order valence-electron chi connectivity index (χ2n) is 7.78. The number of hydrogen-bond acceptors (Lipinski definition) is 5. The number of methoxy groups -OCH3 is 1. The number of aromatic carboxylic acids is 1. The van der Waals surface area contributed by atoms with Crippen LogP contribution >= 0.6 is 0 Å². The molecule has 8 heteroatoms. The molecule has 1 aliphatic carbocycles. The summed E-state index contributed by atoms with van der Waals surface area (Å²) in [6.45, 7) is 0.394. The van der Waals surface area contributed by atoms with Gasteiger partial charge < -0.3 is 9.84 Å². The minimum Gasteiger partial charge on any atom is -0.497 e. The van der Waals surface area contributed by atoms with Crippen molar-refractivity contribution in [3.8, 4) is 5.75 Å². The van der Waals surface area contributed by atoms with Gasteiger partial charge >= 0.3 is 5.97 Å². The zero-order valence-electron chi connectivity index (χ0n) is 17.1. The molecular formula is C23H23N3O5. The molecule has 1 atom stereocenters. The van der Waals surface area contributed by atoms with Gasteiger partial charge in [0.1, 0.15) is 11.3 Å². The van der Waals surface area contributed by atoms with Crippen LogP contribution in [0, 0.1) is 16.0 Å². The van der Waals surface area contributed by atoms with Gasteiger partial charge in [-0.3, -0.25) is 14.8 Å². The first-order valence-corrected chi connectivity index (χ1v) is 10.1. The van der Waals surface area contributed by atoms with Crippen molar-refractivity contribution >= 4 is 11.7 Å². The smallest absolute Gasteiger partial charge is 0.339 e. The lowest BCUT2D eigenvalue weighted by Crippen LogP contribution is -2.26. The summed E-state index contributed by atoms with van der Waals surface area (Å²) in [4.78, 5) is 22.9. The van der Waals surface area contributed by atoms with Gasteiger partial charge in [0.2, 0.25) is 0 Å². The largest absolute Gasteiger partial charge is 0.497 e. The van der Waals surface area contributed by atoms with Gasteiger partial charge in [-0.25, -0.2) is 4.79 Å². The van der Waals surface area contributed by atoms with Gasteiger partial charge in [0.05, 0.1) is 30.5 Å². The van der Waals surface area contributed by atoms with Crippen molar-refractivity contribution in [1.82, 2.24) is 9.78 Å². The molecule has 1 fully saturated rings. The first-order chi connectivity index (χ1) is 15.0. The topological polar surface area (TPSA) is 107 Å². The van der Waals surface area contributed by atoms with Crippen LogP contribution < -0.4 is 4.74 Å². The average Bonchev–Trinajstić information content (AvgIpc) is 3.14. The number of nitrogens with zero attached hydrogens (tertiary/aromatic N) is 3. The van der Waals surface area contributed by atoms with E-state index in [4.69, 9.17) is 4.74 Å². The molecule has 31 heavy (non-hydrogen) atoms. The van der Waals surface area contributed by atoms with E-state index in [9.17, 15) is 20.0 Å². The van der Waals surface area contributed by atoms with Crippen molar-refractivity contribution in [3.05, 3.63) is 87.2 Å². The Morgan fingerprint density at radius 2 is 2.03 bits per heavy atom. The summed E-state index contributed by atoms with van der Waals surface area (Å²) in [5, 5.41) is 25.6. The van der Waals surface area contributed by atoms with Crippen LogP contribution in [-0.4, -0.2) is 32.9 Å². The number of non-ortho nitro benzene ring substituents is 1. The Kier molecular flexibility index (Phi) is 5.70. The third kappa shape index (κ3) is 4.14. The van der Waals surface area contributed by atoms with E-state index >= 15 is 0 Å². The number of hydrogen-bond donors (Lipinski definition) is 1. The van der Waals surface area contributed by atoms with Gasteiger partial charge in [-0.1, -0.05) is 30.7 Å². The van der Waals surface area contributed by atoms with Crippen molar-refractivity contribution < 1.29 is 19.6 Å². The number of aromatic nitrogens is 2. The quantitative estimate of drug-likeness (QED) is 0.424.